The van der Waals surface area contributed by atoms with Gasteiger partial charge in [-0.25, -0.2) is 0 Å². The molecule has 1 atom stereocenters. The Morgan fingerprint density at radius 3 is 2.75 bits per heavy atom. The molecule has 20 heavy (non-hydrogen) atoms. The highest BCUT2D eigenvalue weighted by molar-refractivity contribution is 5.86. The summed E-state index contributed by atoms with van der Waals surface area (Å²) < 4.78 is 5.22. The zero-order valence-electron chi connectivity index (χ0n) is 12.3. The summed E-state index contributed by atoms with van der Waals surface area (Å²) in [5.41, 5.74) is 7.94. The van der Waals surface area contributed by atoms with Crippen molar-refractivity contribution in [2.24, 2.45) is 5.11 Å². The maximum Gasteiger partial charge on any atom is 0.326 e. The second kappa shape index (κ2) is 7.14. The van der Waals surface area contributed by atoms with Crippen molar-refractivity contribution in [3.05, 3.63) is 10.4 Å². The Balaban J connectivity index is 2.71. The minimum atomic E-state index is -0.706. The zero-order chi connectivity index (χ0) is 15.2. The van der Waals surface area contributed by atoms with E-state index in [2.05, 4.69) is 10.0 Å². The number of hydrogen-bond donors (Lipinski definition) is 0. The molecule has 0 aliphatic carbocycles. The van der Waals surface area contributed by atoms with Crippen molar-refractivity contribution in [2.75, 3.05) is 13.1 Å². The molecular formula is C13H22N4O3. The number of amides is 1. The topological polar surface area (TPSA) is 95.4 Å². The van der Waals surface area contributed by atoms with Crippen molar-refractivity contribution in [3.63, 3.8) is 0 Å². The molecule has 0 radical (unpaired) electrons. The van der Waals surface area contributed by atoms with Crippen LogP contribution in [0.4, 0.5) is 0 Å². The quantitative estimate of drug-likeness (QED) is 0.344. The van der Waals surface area contributed by atoms with Gasteiger partial charge >= 0.3 is 5.97 Å². The molecule has 1 aliphatic rings. The van der Waals surface area contributed by atoms with Gasteiger partial charge in [0.1, 0.15) is 18.2 Å². The van der Waals surface area contributed by atoms with E-state index >= 15 is 0 Å². The van der Waals surface area contributed by atoms with E-state index in [1.165, 1.54) is 4.90 Å². The number of hydrogen-bond acceptors (Lipinski definition) is 4. The Labute approximate surface area is 118 Å². The highest BCUT2D eigenvalue weighted by Gasteiger charge is 2.28. The number of esters is 1. The molecule has 0 aromatic rings. The minimum Gasteiger partial charge on any atom is -0.459 e. The van der Waals surface area contributed by atoms with Crippen molar-refractivity contribution in [1.29, 1.82) is 0 Å². The summed E-state index contributed by atoms with van der Waals surface area (Å²) in [7, 11) is 0. The van der Waals surface area contributed by atoms with E-state index in [1.807, 2.05) is 0 Å². The highest BCUT2D eigenvalue weighted by Crippen LogP contribution is 2.16. The molecular weight excluding hydrogens is 260 g/mol. The number of azide groups is 1. The van der Waals surface area contributed by atoms with Gasteiger partial charge < -0.3 is 9.64 Å². The maximum absolute atomic E-state index is 12.2. The van der Waals surface area contributed by atoms with E-state index in [0.717, 1.165) is 19.3 Å². The maximum atomic E-state index is 12.2. The average Bonchev–Trinajstić information content (AvgIpc) is 2.31. The van der Waals surface area contributed by atoms with Crippen LogP contribution in [0.3, 0.4) is 0 Å². The van der Waals surface area contributed by atoms with Crippen molar-refractivity contribution in [1.82, 2.24) is 4.90 Å². The molecule has 0 N–H and O–H groups in total. The number of ether oxygens (including phenoxy) is 1. The third-order valence-electron chi connectivity index (χ3n) is 2.93. The third kappa shape index (κ3) is 5.48. The van der Waals surface area contributed by atoms with Crippen LogP contribution in [0.5, 0.6) is 0 Å². The predicted molar refractivity (Wildman–Crippen MR) is 73.8 cm³/mol. The summed E-state index contributed by atoms with van der Waals surface area (Å²) in [6, 6.07) is -0.706. The molecule has 1 heterocycles. The largest absolute Gasteiger partial charge is 0.459 e. The van der Waals surface area contributed by atoms with Gasteiger partial charge in [0.05, 0.1) is 0 Å². The van der Waals surface area contributed by atoms with Gasteiger partial charge in [0.15, 0.2) is 0 Å². The van der Waals surface area contributed by atoms with E-state index < -0.39 is 17.6 Å². The monoisotopic (exact) mass is 282 g/mol. The normalized spacial score (nSPS) is 20.6. The smallest absolute Gasteiger partial charge is 0.326 e. The fourth-order valence-corrected chi connectivity index (χ4v) is 2.12. The Morgan fingerprint density at radius 2 is 2.15 bits per heavy atom. The van der Waals surface area contributed by atoms with Crippen LogP contribution in [0.1, 0.15) is 46.5 Å². The molecule has 0 spiro atoms. The molecule has 1 unspecified atom stereocenters. The lowest BCUT2D eigenvalue weighted by Crippen LogP contribution is -2.44. The molecule has 1 fully saturated rings. The van der Waals surface area contributed by atoms with Crippen LogP contribution in [-0.2, 0) is 14.3 Å². The van der Waals surface area contributed by atoms with Crippen LogP contribution in [0.15, 0.2) is 5.11 Å². The zero-order valence-corrected chi connectivity index (χ0v) is 12.3. The summed E-state index contributed by atoms with van der Waals surface area (Å²) >= 11 is 0. The number of nitrogens with zero attached hydrogens (tertiary/aromatic N) is 4. The van der Waals surface area contributed by atoms with Crippen LogP contribution >= 0.6 is 0 Å². The SMILES string of the molecule is CC(C)(C)OC(=O)CN1CCCCCC(N=[N+]=[N-])C1=O. The van der Waals surface area contributed by atoms with Crippen molar-refractivity contribution < 1.29 is 14.3 Å². The summed E-state index contributed by atoms with van der Waals surface area (Å²) in [5, 5.41) is 3.54. The summed E-state index contributed by atoms with van der Waals surface area (Å²) in [4.78, 5) is 28.2. The van der Waals surface area contributed by atoms with Crippen molar-refractivity contribution >= 4 is 11.9 Å². The first-order valence-electron chi connectivity index (χ1n) is 6.88. The van der Waals surface area contributed by atoms with Gasteiger partial charge in [0, 0.05) is 11.5 Å². The number of carbonyl (C=O) groups excluding carboxylic acids is 2. The van der Waals surface area contributed by atoms with Gasteiger partial charge in [-0.1, -0.05) is 18.0 Å². The lowest BCUT2D eigenvalue weighted by atomic mass is 10.0. The number of rotatable bonds is 3. The molecule has 1 aliphatic heterocycles. The van der Waals surface area contributed by atoms with Crippen LogP contribution in [0.2, 0.25) is 0 Å². The molecule has 0 aromatic heterocycles. The average molecular weight is 282 g/mol. The van der Waals surface area contributed by atoms with Gasteiger partial charge in [-0.3, -0.25) is 9.59 Å². The predicted octanol–water partition coefficient (Wildman–Crippen LogP) is 2.41. The van der Waals surface area contributed by atoms with E-state index in [-0.39, 0.29) is 12.5 Å². The molecule has 0 bridgehead atoms. The van der Waals surface area contributed by atoms with Gasteiger partial charge in [-0.2, -0.15) is 0 Å². The van der Waals surface area contributed by atoms with E-state index in [4.69, 9.17) is 10.3 Å². The lowest BCUT2D eigenvalue weighted by molar-refractivity contribution is -0.159. The summed E-state index contributed by atoms with van der Waals surface area (Å²) in [5.74, 6) is -0.723. The first-order valence-corrected chi connectivity index (χ1v) is 6.88. The fourth-order valence-electron chi connectivity index (χ4n) is 2.12. The van der Waals surface area contributed by atoms with Gasteiger partial charge in [0.25, 0.3) is 0 Å². The van der Waals surface area contributed by atoms with Crippen molar-refractivity contribution in [2.45, 2.75) is 58.1 Å². The van der Waals surface area contributed by atoms with E-state index in [9.17, 15) is 9.59 Å². The minimum absolute atomic E-state index is 0.0897. The van der Waals surface area contributed by atoms with Crippen LogP contribution < -0.4 is 0 Å². The fraction of sp³-hybridized carbons (Fsp3) is 0.846. The molecule has 1 saturated heterocycles. The molecule has 0 aromatic carbocycles. The molecule has 0 saturated carbocycles. The Kier molecular flexibility index (Phi) is 5.82. The van der Waals surface area contributed by atoms with Crippen molar-refractivity contribution in [3.8, 4) is 0 Å². The van der Waals surface area contributed by atoms with Gasteiger partial charge in [0.2, 0.25) is 5.91 Å². The second-order valence-corrected chi connectivity index (χ2v) is 5.92. The molecule has 112 valence electrons. The van der Waals surface area contributed by atoms with E-state index in [1.54, 1.807) is 20.8 Å². The Morgan fingerprint density at radius 1 is 1.45 bits per heavy atom. The van der Waals surface area contributed by atoms with Crippen LogP contribution in [0, 0.1) is 0 Å². The second-order valence-electron chi connectivity index (χ2n) is 5.92. The molecule has 7 nitrogen and oxygen atoms in total. The Hall–Kier alpha value is -1.75. The Bertz CT molecular complexity index is 410. The van der Waals surface area contributed by atoms with Crippen LogP contribution in [-0.4, -0.2) is 41.5 Å². The number of carbonyl (C=O) groups is 2. The molecule has 1 rings (SSSR count). The number of likely N-dealkylation sites (tertiary alicyclic amines) is 1. The standard InChI is InChI=1S/C13H22N4O3/c1-13(2,3)20-11(18)9-17-8-6-4-5-7-10(12(17)19)15-16-14/h10H,4-9H2,1-3H3. The molecule has 7 heteroatoms. The summed E-state index contributed by atoms with van der Waals surface area (Å²) in [6.07, 6.45) is 3.19. The first-order chi connectivity index (χ1) is 9.33. The first kappa shape index (κ1) is 16.3. The lowest BCUT2D eigenvalue weighted by Gasteiger charge is -2.28. The van der Waals surface area contributed by atoms with Gasteiger partial charge in [-0.05, 0) is 39.1 Å². The summed E-state index contributed by atoms with van der Waals surface area (Å²) in [6.45, 7) is 5.75. The van der Waals surface area contributed by atoms with E-state index in [0.29, 0.717) is 13.0 Å². The third-order valence-corrected chi connectivity index (χ3v) is 2.93. The van der Waals surface area contributed by atoms with Crippen LogP contribution in [0.25, 0.3) is 10.4 Å². The van der Waals surface area contributed by atoms with Gasteiger partial charge in [-0.15, -0.1) is 0 Å². The molecule has 1 amide bonds. The highest BCUT2D eigenvalue weighted by atomic mass is 16.6.